The van der Waals surface area contributed by atoms with Crippen molar-refractivity contribution in [1.82, 2.24) is 14.5 Å². The first-order valence-electron chi connectivity index (χ1n) is 8.22. The molecule has 3 aromatic heterocycles. The molecule has 0 aliphatic rings. The molecule has 27 heavy (non-hydrogen) atoms. The van der Waals surface area contributed by atoms with Crippen molar-refractivity contribution in [2.24, 2.45) is 7.05 Å². The molecule has 0 atom stereocenters. The predicted octanol–water partition coefficient (Wildman–Crippen LogP) is 6.33. The Labute approximate surface area is 163 Å². The van der Waals surface area contributed by atoms with Gasteiger partial charge in [0.25, 0.3) is 0 Å². The van der Waals surface area contributed by atoms with E-state index in [1.165, 1.54) is 6.20 Å². The third-order valence-electron chi connectivity index (χ3n) is 4.14. The lowest BCUT2D eigenvalue weighted by molar-refractivity contribution is -0.141. The molecule has 3 nitrogen and oxygen atoms in total. The lowest BCUT2D eigenvalue weighted by atomic mass is 10.2. The number of pyridine rings is 1. The molecule has 8 heteroatoms. The number of rotatable bonds is 5. The van der Waals surface area contributed by atoms with Gasteiger partial charge in [0.15, 0.2) is 0 Å². The largest absolute Gasteiger partial charge is 0.433 e. The molecular formula is C19H18F3N3S2. The Morgan fingerprint density at radius 2 is 2.15 bits per heavy atom. The van der Waals surface area contributed by atoms with Crippen molar-refractivity contribution in [3.8, 4) is 0 Å². The second-order valence-electron chi connectivity index (χ2n) is 5.85. The lowest BCUT2D eigenvalue weighted by Gasteiger charge is -2.11. The Morgan fingerprint density at radius 3 is 2.78 bits per heavy atom. The van der Waals surface area contributed by atoms with Crippen LogP contribution in [0.15, 0.2) is 30.3 Å². The van der Waals surface area contributed by atoms with E-state index in [2.05, 4.69) is 23.5 Å². The molecule has 0 amide bonds. The summed E-state index contributed by atoms with van der Waals surface area (Å²) in [5.41, 5.74) is 1.87. The molecule has 0 saturated heterocycles. The number of hydrogen-bond acceptors (Lipinski definition) is 4. The van der Waals surface area contributed by atoms with E-state index in [1.807, 2.05) is 24.4 Å². The minimum atomic E-state index is -4.49. The number of alkyl halides is 3. The normalized spacial score (nSPS) is 13.1. The van der Waals surface area contributed by atoms with Gasteiger partial charge in [-0.25, -0.2) is 9.97 Å². The van der Waals surface area contributed by atoms with E-state index in [9.17, 15) is 13.2 Å². The summed E-state index contributed by atoms with van der Waals surface area (Å²) in [6, 6.07) is 3.00. The zero-order chi connectivity index (χ0) is 19.8. The number of aromatic nitrogens is 3. The van der Waals surface area contributed by atoms with Crippen LogP contribution in [0.1, 0.15) is 35.8 Å². The molecule has 0 unspecified atom stereocenters. The summed E-state index contributed by atoms with van der Waals surface area (Å²) in [5, 5.41) is 2.00. The smallest absolute Gasteiger partial charge is 0.326 e. The van der Waals surface area contributed by atoms with Crippen LogP contribution in [0.2, 0.25) is 0 Å². The van der Waals surface area contributed by atoms with Crippen LogP contribution in [-0.4, -0.2) is 20.3 Å². The average Bonchev–Trinajstić information content (AvgIpc) is 3.22. The van der Waals surface area contributed by atoms with Gasteiger partial charge in [0.05, 0.1) is 17.2 Å². The van der Waals surface area contributed by atoms with Crippen molar-refractivity contribution >= 4 is 50.7 Å². The van der Waals surface area contributed by atoms with Gasteiger partial charge in [0.1, 0.15) is 11.5 Å². The fourth-order valence-electron chi connectivity index (χ4n) is 2.83. The van der Waals surface area contributed by atoms with Gasteiger partial charge in [-0.3, -0.25) is 0 Å². The highest BCUT2D eigenvalue weighted by molar-refractivity contribution is 8.08. The van der Waals surface area contributed by atoms with E-state index in [1.54, 1.807) is 34.7 Å². The number of thiophene rings is 1. The summed E-state index contributed by atoms with van der Waals surface area (Å²) in [5.74, 6) is 1.50. The van der Waals surface area contributed by atoms with Crippen molar-refractivity contribution in [1.29, 1.82) is 0 Å². The topological polar surface area (TPSA) is 30.7 Å². The Bertz CT molecular complexity index is 1030. The minimum Gasteiger partial charge on any atom is -0.326 e. The second-order valence-corrected chi connectivity index (χ2v) is 8.04. The maximum absolute atomic E-state index is 13.0. The van der Waals surface area contributed by atoms with Crippen LogP contribution in [0, 0.1) is 0 Å². The van der Waals surface area contributed by atoms with Crippen LogP contribution < -0.4 is 0 Å². The number of halogens is 3. The highest BCUT2D eigenvalue weighted by Gasteiger charge is 2.33. The van der Waals surface area contributed by atoms with E-state index in [-0.39, 0.29) is 5.52 Å². The molecule has 0 bridgehead atoms. The quantitative estimate of drug-likeness (QED) is 0.493. The van der Waals surface area contributed by atoms with Crippen LogP contribution in [0.25, 0.3) is 27.6 Å². The summed E-state index contributed by atoms with van der Waals surface area (Å²) >= 11 is 3.30. The molecule has 3 rings (SSSR count). The van der Waals surface area contributed by atoms with Crippen LogP contribution in [-0.2, 0) is 13.2 Å². The molecule has 0 fully saturated rings. The molecule has 0 aromatic carbocycles. The van der Waals surface area contributed by atoms with Gasteiger partial charge >= 0.3 is 6.18 Å². The first-order valence-corrected chi connectivity index (χ1v) is 10.1. The summed E-state index contributed by atoms with van der Waals surface area (Å²) in [4.78, 5) is 10.2. The fraction of sp³-hybridized carbons (Fsp3) is 0.263. The molecule has 0 spiro atoms. The lowest BCUT2D eigenvalue weighted by Crippen LogP contribution is -2.07. The zero-order valence-electron chi connectivity index (χ0n) is 15.1. The van der Waals surface area contributed by atoms with Gasteiger partial charge in [-0.1, -0.05) is 19.6 Å². The van der Waals surface area contributed by atoms with Crippen LogP contribution in [0.4, 0.5) is 13.2 Å². The molecule has 0 aliphatic carbocycles. The third-order valence-corrected chi connectivity index (χ3v) is 6.31. The highest BCUT2D eigenvalue weighted by Crippen LogP contribution is 2.40. The monoisotopic (exact) mass is 409 g/mol. The van der Waals surface area contributed by atoms with E-state index in [0.29, 0.717) is 11.3 Å². The van der Waals surface area contributed by atoms with Crippen molar-refractivity contribution in [3.63, 3.8) is 0 Å². The summed E-state index contributed by atoms with van der Waals surface area (Å²) in [6.07, 6.45) is -1.45. The van der Waals surface area contributed by atoms with Gasteiger partial charge in [-0.2, -0.15) is 13.2 Å². The maximum atomic E-state index is 13.0. The zero-order valence-corrected chi connectivity index (χ0v) is 16.7. The Balaban J connectivity index is 2.20. The van der Waals surface area contributed by atoms with Gasteiger partial charge < -0.3 is 4.57 Å². The Morgan fingerprint density at radius 1 is 1.41 bits per heavy atom. The number of fused-ring (bicyclic) bond motifs is 1. The molecule has 0 N–H and O–H groups in total. The fourth-order valence-corrected chi connectivity index (χ4v) is 4.90. The average molecular weight is 410 g/mol. The number of nitrogens with zero attached hydrogens (tertiary/aromatic N) is 3. The third kappa shape index (κ3) is 3.68. The van der Waals surface area contributed by atoms with Gasteiger partial charge in [0.2, 0.25) is 0 Å². The van der Waals surface area contributed by atoms with Crippen LogP contribution in [0.3, 0.4) is 0 Å². The Hall–Kier alpha value is -2.06. The molecular weight excluding hydrogens is 391 g/mol. The predicted molar refractivity (Wildman–Crippen MR) is 109 cm³/mol. The number of allylic oxidation sites excluding steroid dienone is 1. The number of thioether (sulfide) groups is 1. The molecule has 0 radical (unpaired) electrons. The summed E-state index contributed by atoms with van der Waals surface area (Å²) < 4.78 is 40.7. The van der Waals surface area contributed by atoms with E-state index >= 15 is 0 Å². The van der Waals surface area contributed by atoms with E-state index in [4.69, 9.17) is 0 Å². The van der Waals surface area contributed by atoms with E-state index in [0.717, 1.165) is 32.7 Å². The van der Waals surface area contributed by atoms with Crippen molar-refractivity contribution < 1.29 is 13.2 Å². The highest BCUT2D eigenvalue weighted by atomic mass is 32.2. The van der Waals surface area contributed by atoms with Crippen molar-refractivity contribution in [2.45, 2.75) is 20.0 Å². The standard InChI is InChI=1S/C19H18F3N3S2/c1-5-12-7-8-27-17(12)16(26-6-2)11(3)18-24-13-9-15(19(20,21)22)23-10-14(13)25(18)4/h5,7-10H,1,6H2,2-4H3/b16-11-. The van der Waals surface area contributed by atoms with Crippen LogP contribution in [0.5, 0.6) is 0 Å². The first kappa shape index (κ1) is 19.7. The summed E-state index contributed by atoms with van der Waals surface area (Å²) in [7, 11) is 1.79. The molecule has 3 aromatic rings. The molecule has 0 saturated carbocycles. The molecule has 3 heterocycles. The van der Waals surface area contributed by atoms with Gasteiger partial charge in [0, 0.05) is 22.4 Å². The number of imidazole rings is 1. The van der Waals surface area contributed by atoms with Crippen molar-refractivity contribution in [3.05, 3.63) is 52.2 Å². The summed E-state index contributed by atoms with van der Waals surface area (Å²) in [6.45, 7) is 7.87. The van der Waals surface area contributed by atoms with Crippen LogP contribution >= 0.6 is 23.1 Å². The molecule has 0 aliphatic heterocycles. The minimum absolute atomic E-state index is 0.283. The maximum Gasteiger partial charge on any atom is 0.433 e. The van der Waals surface area contributed by atoms with Gasteiger partial charge in [-0.15, -0.1) is 23.1 Å². The molecule has 142 valence electrons. The number of aryl methyl sites for hydroxylation is 1. The first-order chi connectivity index (χ1) is 12.8. The van der Waals surface area contributed by atoms with Gasteiger partial charge in [-0.05, 0) is 35.8 Å². The number of hydrogen-bond donors (Lipinski definition) is 0. The van der Waals surface area contributed by atoms with E-state index < -0.39 is 11.9 Å². The second kappa shape index (κ2) is 7.52. The SMILES string of the molecule is C=Cc1ccsc1/C(SCC)=C(\C)c1nc2cc(C(F)(F)F)ncc2n1C. The Kier molecular flexibility index (Phi) is 5.48. The van der Waals surface area contributed by atoms with Crippen molar-refractivity contribution in [2.75, 3.05) is 5.75 Å².